The Morgan fingerprint density at radius 3 is 2.71 bits per heavy atom. The van der Waals surface area contributed by atoms with Crippen LogP contribution in [0.15, 0.2) is 10.7 Å². The lowest BCUT2D eigenvalue weighted by molar-refractivity contribution is 0.589. The van der Waals surface area contributed by atoms with Crippen LogP contribution in [0.5, 0.6) is 0 Å². The normalized spacial score (nSPS) is 13.4. The first-order chi connectivity index (χ1) is 7.86. The molecule has 1 aromatic heterocycles. The molecule has 0 saturated heterocycles. The SMILES string of the molecule is CCCNc1nc(C(C)S(C)(=O)=O)ncc1Br. The quantitative estimate of drug-likeness (QED) is 0.899. The van der Waals surface area contributed by atoms with Gasteiger partial charge in [-0.25, -0.2) is 18.4 Å². The molecule has 0 aliphatic carbocycles. The number of aromatic nitrogens is 2. The zero-order valence-corrected chi connectivity index (χ0v) is 12.5. The highest BCUT2D eigenvalue weighted by atomic mass is 79.9. The Morgan fingerprint density at radius 2 is 2.18 bits per heavy atom. The van der Waals surface area contributed by atoms with Crippen LogP contribution in [0.25, 0.3) is 0 Å². The Morgan fingerprint density at radius 1 is 1.53 bits per heavy atom. The van der Waals surface area contributed by atoms with E-state index >= 15 is 0 Å². The van der Waals surface area contributed by atoms with Gasteiger partial charge in [0.05, 0.1) is 4.47 Å². The molecule has 1 aromatic rings. The number of halogens is 1. The molecule has 96 valence electrons. The van der Waals surface area contributed by atoms with Crippen LogP contribution < -0.4 is 5.32 Å². The van der Waals surface area contributed by atoms with Crippen LogP contribution in [0.1, 0.15) is 31.3 Å². The van der Waals surface area contributed by atoms with Gasteiger partial charge in [-0.1, -0.05) is 6.92 Å². The number of hydrogen-bond acceptors (Lipinski definition) is 5. The van der Waals surface area contributed by atoms with E-state index in [1.807, 2.05) is 6.92 Å². The van der Waals surface area contributed by atoms with Crippen LogP contribution in [0.4, 0.5) is 5.82 Å². The fraction of sp³-hybridized carbons (Fsp3) is 0.600. The largest absolute Gasteiger partial charge is 0.369 e. The van der Waals surface area contributed by atoms with Gasteiger partial charge in [-0.15, -0.1) is 0 Å². The number of nitrogens with zero attached hydrogens (tertiary/aromatic N) is 2. The van der Waals surface area contributed by atoms with Gasteiger partial charge in [-0.2, -0.15) is 0 Å². The van der Waals surface area contributed by atoms with Crippen LogP contribution in [0.2, 0.25) is 0 Å². The molecule has 7 heteroatoms. The Labute approximate surface area is 110 Å². The zero-order valence-electron chi connectivity index (χ0n) is 10.1. The minimum Gasteiger partial charge on any atom is -0.369 e. The highest BCUT2D eigenvalue weighted by Gasteiger charge is 2.21. The summed E-state index contributed by atoms with van der Waals surface area (Å²) in [6, 6.07) is 0. The average molecular weight is 322 g/mol. The summed E-state index contributed by atoms with van der Waals surface area (Å²) in [6.45, 7) is 4.41. The van der Waals surface area contributed by atoms with Crippen molar-refractivity contribution in [3.63, 3.8) is 0 Å². The number of anilines is 1. The molecule has 0 aliphatic rings. The van der Waals surface area contributed by atoms with Crippen molar-refractivity contribution < 1.29 is 8.42 Å². The highest BCUT2D eigenvalue weighted by Crippen LogP contribution is 2.23. The molecule has 1 N–H and O–H groups in total. The molecular weight excluding hydrogens is 306 g/mol. The summed E-state index contributed by atoms with van der Waals surface area (Å²) in [4.78, 5) is 8.26. The predicted molar refractivity (Wildman–Crippen MR) is 71.8 cm³/mol. The van der Waals surface area contributed by atoms with Crippen molar-refractivity contribution in [2.45, 2.75) is 25.5 Å². The van der Waals surface area contributed by atoms with E-state index in [1.54, 1.807) is 13.1 Å². The number of sulfone groups is 1. The Bertz CT molecular complexity index is 490. The van der Waals surface area contributed by atoms with Crippen molar-refractivity contribution in [2.75, 3.05) is 18.1 Å². The maximum atomic E-state index is 11.4. The Hall–Kier alpha value is -0.690. The van der Waals surface area contributed by atoms with Crippen LogP contribution in [-0.4, -0.2) is 31.2 Å². The van der Waals surface area contributed by atoms with Crippen LogP contribution in [0, 0.1) is 0 Å². The van der Waals surface area contributed by atoms with Gasteiger partial charge >= 0.3 is 0 Å². The van der Waals surface area contributed by atoms with Crippen molar-refractivity contribution in [3.05, 3.63) is 16.5 Å². The summed E-state index contributed by atoms with van der Waals surface area (Å²) in [7, 11) is -3.17. The maximum absolute atomic E-state index is 11.4. The van der Waals surface area contributed by atoms with Gasteiger partial charge in [0.25, 0.3) is 0 Å². The standard InChI is InChI=1S/C10H16BrN3O2S/c1-4-5-12-10-8(11)6-13-9(14-10)7(2)17(3,15)16/h6-7H,4-5H2,1-3H3,(H,12,13,14). The molecule has 0 fully saturated rings. The molecule has 1 atom stereocenters. The highest BCUT2D eigenvalue weighted by molar-refractivity contribution is 9.10. The van der Waals surface area contributed by atoms with Crippen LogP contribution in [0.3, 0.4) is 0 Å². The third-order valence-corrected chi connectivity index (χ3v) is 4.39. The van der Waals surface area contributed by atoms with Crippen LogP contribution >= 0.6 is 15.9 Å². The molecule has 1 rings (SSSR count). The molecule has 17 heavy (non-hydrogen) atoms. The van der Waals surface area contributed by atoms with Gasteiger partial charge < -0.3 is 5.32 Å². The lowest BCUT2D eigenvalue weighted by atomic mass is 10.4. The summed E-state index contributed by atoms with van der Waals surface area (Å²) in [5, 5.41) is 2.42. The van der Waals surface area contributed by atoms with Gasteiger partial charge in [0.15, 0.2) is 9.84 Å². The second-order valence-electron chi connectivity index (χ2n) is 3.82. The van der Waals surface area contributed by atoms with E-state index in [9.17, 15) is 8.42 Å². The van der Waals surface area contributed by atoms with E-state index in [0.717, 1.165) is 17.4 Å². The number of hydrogen-bond donors (Lipinski definition) is 1. The van der Waals surface area contributed by atoms with Crippen molar-refractivity contribution in [3.8, 4) is 0 Å². The molecule has 0 saturated carbocycles. The van der Waals surface area contributed by atoms with E-state index in [-0.39, 0.29) is 0 Å². The predicted octanol–water partition coefficient (Wildman–Crippen LogP) is 2.17. The molecular formula is C10H16BrN3O2S. The summed E-state index contributed by atoms with van der Waals surface area (Å²) in [5.74, 6) is 0.946. The summed E-state index contributed by atoms with van der Waals surface area (Å²) >= 11 is 3.32. The van der Waals surface area contributed by atoms with Gasteiger partial charge in [-0.3, -0.25) is 0 Å². The molecule has 0 aliphatic heterocycles. The lowest BCUT2D eigenvalue weighted by Crippen LogP contribution is -2.13. The first-order valence-electron chi connectivity index (χ1n) is 5.31. The van der Waals surface area contributed by atoms with Gasteiger partial charge in [0.2, 0.25) is 0 Å². The lowest BCUT2D eigenvalue weighted by Gasteiger charge is -2.11. The molecule has 0 bridgehead atoms. The van der Waals surface area contributed by atoms with Gasteiger partial charge in [-0.05, 0) is 29.3 Å². The van der Waals surface area contributed by atoms with E-state index in [1.165, 1.54) is 6.26 Å². The van der Waals surface area contributed by atoms with Crippen LogP contribution in [-0.2, 0) is 9.84 Å². The third-order valence-electron chi connectivity index (χ3n) is 2.31. The van der Waals surface area contributed by atoms with Crippen molar-refractivity contribution >= 4 is 31.6 Å². The summed E-state index contributed by atoms with van der Waals surface area (Å²) in [5.41, 5.74) is 0. The monoisotopic (exact) mass is 321 g/mol. The number of rotatable bonds is 5. The second kappa shape index (κ2) is 5.77. The van der Waals surface area contributed by atoms with Crippen molar-refractivity contribution in [2.24, 2.45) is 0 Å². The topological polar surface area (TPSA) is 72.0 Å². The molecule has 1 unspecified atom stereocenters. The Balaban J connectivity index is 3.04. The molecule has 0 aromatic carbocycles. The van der Waals surface area contributed by atoms with Gasteiger partial charge in [0.1, 0.15) is 16.9 Å². The average Bonchev–Trinajstić information content (AvgIpc) is 2.26. The minimum absolute atomic E-state index is 0.314. The molecule has 0 radical (unpaired) electrons. The van der Waals surface area contributed by atoms with E-state index < -0.39 is 15.1 Å². The van der Waals surface area contributed by atoms with E-state index in [2.05, 4.69) is 31.2 Å². The smallest absolute Gasteiger partial charge is 0.157 e. The minimum atomic E-state index is -3.17. The molecule has 1 heterocycles. The molecule has 0 spiro atoms. The first kappa shape index (κ1) is 14.4. The zero-order chi connectivity index (χ0) is 13.1. The van der Waals surface area contributed by atoms with Crippen molar-refractivity contribution in [1.29, 1.82) is 0 Å². The number of nitrogens with one attached hydrogen (secondary N) is 1. The summed E-state index contributed by atoms with van der Waals surface area (Å²) < 4.78 is 23.6. The van der Waals surface area contributed by atoms with E-state index in [0.29, 0.717) is 11.6 Å². The van der Waals surface area contributed by atoms with Gasteiger partial charge in [0, 0.05) is 19.0 Å². The third kappa shape index (κ3) is 3.92. The molecule has 5 nitrogen and oxygen atoms in total. The Kier molecular flexibility index (Phi) is 4.88. The first-order valence-corrected chi connectivity index (χ1v) is 8.06. The fourth-order valence-electron chi connectivity index (χ4n) is 1.14. The van der Waals surface area contributed by atoms with E-state index in [4.69, 9.17) is 0 Å². The summed E-state index contributed by atoms with van der Waals surface area (Å²) in [6.07, 6.45) is 3.72. The fourth-order valence-corrected chi connectivity index (χ4v) is 1.96. The van der Waals surface area contributed by atoms with Crippen molar-refractivity contribution in [1.82, 2.24) is 9.97 Å². The maximum Gasteiger partial charge on any atom is 0.157 e. The molecule has 0 amide bonds. The second-order valence-corrected chi connectivity index (χ2v) is 7.04.